The molecule has 0 bridgehead atoms. The van der Waals surface area contributed by atoms with Crippen molar-refractivity contribution in [1.82, 2.24) is 15.0 Å². The monoisotopic (exact) mass is 408 g/mol. The van der Waals surface area contributed by atoms with Crippen LogP contribution < -0.4 is 4.90 Å². The van der Waals surface area contributed by atoms with E-state index >= 15 is 0 Å². The zero-order valence-corrected chi connectivity index (χ0v) is 17.8. The van der Waals surface area contributed by atoms with Gasteiger partial charge in [-0.25, -0.2) is 0 Å². The molecule has 2 aliphatic carbocycles. The summed E-state index contributed by atoms with van der Waals surface area (Å²) in [6, 6.07) is 8.41. The molecule has 2 saturated carbocycles. The van der Waals surface area contributed by atoms with Gasteiger partial charge in [-0.3, -0.25) is 4.79 Å². The molecule has 6 nitrogen and oxygen atoms in total. The van der Waals surface area contributed by atoms with Crippen LogP contribution in [0, 0.1) is 5.92 Å². The molecule has 0 unspecified atom stereocenters. The Morgan fingerprint density at radius 1 is 0.967 bits per heavy atom. The molecular weight excluding hydrogens is 376 g/mol. The number of benzene rings is 1. The Morgan fingerprint density at radius 3 is 2.37 bits per heavy atom. The van der Waals surface area contributed by atoms with Crippen LogP contribution in [-0.4, -0.2) is 47.1 Å². The molecule has 6 heteroatoms. The Morgan fingerprint density at radius 2 is 1.70 bits per heavy atom. The van der Waals surface area contributed by atoms with Crippen molar-refractivity contribution in [1.29, 1.82) is 0 Å². The Hall–Kier alpha value is -2.37. The first kappa shape index (κ1) is 19.6. The molecule has 1 saturated heterocycles. The Bertz CT molecular complexity index is 844. The summed E-state index contributed by atoms with van der Waals surface area (Å²) < 4.78 is 5.45. The highest BCUT2D eigenvalue weighted by Crippen LogP contribution is 2.36. The van der Waals surface area contributed by atoms with E-state index in [0.717, 1.165) is 69.2 Å². The van der Waals surface area contributed by atoms with E-state index in [0.29, 0.717) is 17.6 Å². The number of anilines is 1. The van der Waals surface area contributed by atoms with Crippen LogP contribution >= 0.6 is 0 Å². The first-order valence-electron chi connectivity index (χ1n) is 11.7. The average Bonchev–Trinajstić information content (AvgIpc) is 3.44. The topological polar surface area (TPSA) is 62.5 Å². The standard InChI is InChI=1S/C24H32N4O2/c29-22(13-8-18-4-1-2-5-18)28-16-14-27(15-17-28)21-11-9-19(10-12-21)23-25-24(30-26-23)20-6-3-7-20/h9-12,18,20H,1-8,13-17H2. The summed E-state index contributed by atoms with van der Waals surface area (Å²) in [5, 5.41) is 4.16. The summed E-state index contributed by atoms with van der Waals surface area (Å²) in [5.41, 5.74) is 2.19. The molecule has 1 aromatic heterocycles. The summed E-state index contributed by atoms with van der Waals surface area (Å²) in [5.74, 6) is 3.06. The lowest BCUT2D eigenvalue weighted by molar-refractivity contribution is -0.131. The molecule has 30 heavy (non-hydrogen) atoms. The van der Waals surface area contributed by atoms with E-state index in [1.165, 1.54) is 37.8 Å². The molecule has 0 radical (unpaired) electrons. The van der Waals surface area contributed by atoms with Gasteiger partial charge in [-0.1, -0.05) is 37.3 Å². The van der Waals surface area contributed by atoms with Crippen molar-refractivity contribution in [2.75, 3.05) is 31.1 Å². The third kappa shape index (κ3) is 4.23. The van der Waals surface area contributed by atoms with Crippen LogP contribution in [0.15, 0.2) is 28.8 Å². The minimum Gasteiger partial charge on any atom is -0.368 e. The molecule has 0 spiro atoms. The Labute approximate surface area is 178 Å². The fraction of sp³-hybridized carbons (Fsp3) is 0.625. The van der Waals surface area contributed by atoms with Gasteiger partial charge < -0.3 is 14.3 Å². The molecule has 0 atom stereocenters. The van der Waals surface area contributed by atoms with Gasteiger partial charge in [0.2, 0.25) is 17.6 Å². The largest absolute Gasteiger partial charge is 0.368 e. The second kappa shape index (κ2) is 8.78. The highest BCUT2D eigenvalue weighted by atomic mass is 16.5. The van der Waals surface area contributed by atoms with E-state index in [4.69, 9.17) is 4.52 Å². The summed E-state index contributed by atoms with van der Waals surface area (Å²) in [7, 11) is 0. The zero-order chi connectivity index (χ0) is 20.3. The van der Waals surface area contributed by atoms with Gasteiger partial charge in [0.05, 0.1) is 0 Å². The van der Waals surface area contributed by atoms with Gasteiger partial charge in [0, 0.05) is 49.8 Å². The van der Waals surface area contributed by atoms with Crippen LogP contribution in [0.4, 0.5) is 5.69 Å². The molecule has 1 aromatic carbocycles. The lowest BCUT2D eigenvalue weighted by Crippen LogP contribution is -2.48. The van der Waals surface area contributed by atoms with Gasteiger partial charge in [-0.05, 0) is 49.4 Å². The number of amides is 1. The van der Waals surface area contributed by atoms with Gasteiger partial charge in [0.25, 0.3) is 0 Å². The Kier molecular flexibility index (Phi) is 5.73. The van der Waals surface area contributed by atoms with E-state index in [-0.39, 0.29) is 0 Å². The van der Waals surface area contributed by atoms with E-state index in [1.807, 2.05) is 0 Å². The molecule has 160 valence electrons. The van der Waals surface area contributed by atoms with E-state index < -0.39 is 0 Å². The molecule has 2 aromatic rings. The van der Waals surface area contributed by atoms with Crippen molar-refractivity contribution < 1.29 is 9.32 Å². The second-order valence-electron chi connectivity index (χ2n) is 9.19. The van der Waals surface area contributed by atoms with E-state index in [2.05, 4.69) is 44.2 Å². The second-order valence-corrected chi connectivity index (χ2v) is 9.19. The lowest BCUT2D eigenvalue weighted by atomic mass is 9.85. The molecule has 5 rings (SSSR count). The number of carbonyl (C=O) groups is 1. The van der Waals surface area contributed by atoms with Crippen molar-refractivity contribution in [2.45, 2.75) is 63.7 Å². The maximum atomic E-state index is 12.6. The Balaban J connectivity index is 1.12. The van der Waals surface area contributed by atoms with Gasteiger partial charge >= 0.3 is 0 Å². The fourth-order valence-corrected chi connectivity index (χ4v) is 4.99. The van der Waals surface area contributed by atoms with Gasteiger partial charge in [-0.2, -0.15) is 4.98 Å². The fourth-order valence-electron chi connectivity index (χ4n) is 4.99. The number of piperazine rings is 1. The number of aromatic nitrogens is 2. The summed E-state index contributed by atoms with van der Waals surface area (Å²) in [6.07, 6.45) is 10.7. The number of hydrogen-bond donors (Lipinski definition) is 0. The highest BCUT2D eigenvalue weighted by molar-refractivity contribution is 5.76. The quantitative estimate of drug-likeness (QED) is 0.698. The van der Waals surface area contributed by atoms with Crippen LogP contribution in [-0.2, 0) is 4.79 Å². The van der Waals surface area contributed by atoms with Crippen LogP contribution in [0.25, 0.3) is 11.4 Å². The molecule has 3 aliphatic rings. The number of carbonyl (C=O) groups excluding carboxylic acids is 1. The predicted molar refractivity (Wildman–Crippen MR) is 116 cm³/mol. The van der Waals surface area contributed by atoms with Gasteiger partial charge in [-0.15, -0.1) is 0 Å². The molecule has 1 amide bonds. The number of hydrogen-bond acceptors (Lipinski definition) is 5. The van der Waals surface area contributed by atoms with E-state index in [1.54, 1.807) is 0 Å². The smallest absolute Gasteiger partial charge is 0.230 e. The summed E-state index contributed by atoms with van der Waals surface area (Å²) in [4.78, 5) is 21.6. The zero-order valence-electron chi connectivity index (χ0n) is 17.8. The first-order valence-corrected chi connectivity index (χ1v) is 11.7. The van der Waals surface area contributed by atoms with Crippen LogP contribution in [0.1, 0.15) is 69.6 Å². The molecule has 2 heterocycles. The van der Waals surface area contributed by atoms with Crippen molar-refractivity contribution in [2.24, 2.45) is 5.92 Å². The maximum absolute atomic E-state index is 12.6. The maximum Gasteiger partial charge on any atom is 0.230 e. The van der Waals surface area contributed by atoms with Gasteiger partial charge in [0.15, 0.2) is 0 Å². The van der Waals surface area contributed by atoms with Crippen molar-refractivity contribution in [3.8, 4) is 11.4 Å². The molecule has 3 fully saturated rings. The number of nitrogens with zero attached hydrogens (tertiary/aromatic N) is 4. The molecule has 1 aliphatic heterocycles. The molecule has 0 N–H and O–H groups in total. The summed E-state index contributed by atoms with van der Waals surface area (Å²) in [6.45, 7) is 3.42. The minimum absolute atomic E-state index is 0.344. The SMILES string of the molecule is O=C(CCC1CCCC1)N1CCN(c2ccc(-c3noc(C4CCC4)n3)cc2)CC1. The first-order chi connectivity index (χ1) is 14.8. The third-order valence-electron chi connectivity index (χ3n) is 7.26. The third-order valence-corrected chi connectivity index (χ3v) is 7.26. The molecular formula is C24H32N4O2. The van der Waals surface area contributed by atoms with Gasteiger partial charge in [0.1, 0.15) is 0 Å². The normalized spacial score (nSPS) is 20.5. The minimum atomic E-state index is 0.344. The number of rotatable bonds is 6. The summed E-state index contributed by atoms with van der Waals surface area (Å²) >= 11 is 0. The van der Waals surface area contributed by atoms with Crippen molar-refractivity contribution in [3.05, 3.63) is 30.2 Å². The highest BCUT2D eigenvalue weighted by Gasteiger charge is 2.26. The van der Waals surface area contributed by atoms with Crippen molar-refractivity contribution in [3.63, 3.8) is 0 Å². The van der Waals surface area contributed by atoms with Crippen LogP contribution in [0.2, 0.25) is 0 Å². The predicted octanol–water partition coefficient (Wildman–Crippen LogP) is 4.62. The lowest BCUT2D eigenvalue weighted by Gasteiger charge is -2.36. The average molecular weight is 409 g/mol. The van der Waals surface area contributed by atoms with Crippen LogP contribution in [0.5, 0.6) is 0 Å². The van der Waals surface area contributed by atoms with Crippen molar-refractivity contribution >= 4 is 11.6 Å². The van der Waals surface area contributed by atoms with Crippen LogP contribution in [0.3, 0.4) is 0 Å². The van der Waals surface area contributed by atoms with E-state index in [9.17, 15) is 4.79 Å².